The average molecular weight is 267 g/mol. The van der Waals surface area contributed by atoms with Crippen LogP contribution in [-0.2, 0) is 4.74 Å². The summed E-state index contributed by atoms with van der Waals surface area (Å²) in [5.74, 6) is 0.0949. The minimum Gasteiger partial charge on any atom is -0.444 e. The minimum atomic E-state index is -0.483. The number of aromatic nitrogens is 1. The van der Waals surface area contributed by atoms with E-state index in [1.807, 2.05) is 34.6 Å². The monoisotopic (exact) mass is 267 g/mol. The first-order chi connectivity index (χ1) is 8.73. The van der Waals surface area contributed by atoms with Crippen molar-refractivity contribution in [2.24, 2.45) is 5.73 Å². The van der Waals surface area contributed by atoms with Gasteiger partial charge in [-0.25, -0.2) is 4.79 Å². The predicted octanol–water partition coefficient (Wildman–Crippen LogP) is 2.20. The quantitative estimate of drug-likeness (QED) is 0.782. The summed E-state index contributed by atoms with van der Waals surface area (Å²) in [5, 5.41) is 2.77. The number of nitrogens with one attached hydrogen (secondary N) is 2. The molecule has 4 N–H and O–H groups in total. The topological polar surface area (TPSA) is 80.1 Å². The van der Waals surface area contributed by atoms with E-state index in [0.29, 0.717) is 13.1 Å². The molecule has 1 rings (SSSR count). The number of nitrogens with two attached hydrogens (primary N) is 1. The number of hydrogen-bond acceptors (Lipinski definition) is 3. The van der Waals surface area contributed by atoms with Gasteiger partial charge in [0, 0.05) is 30.4 Å². The smallest absolute Gasteiger partial charge is 0.407 e. The van der Waals surface area contributed by atoms with E-state index in [4.69, 9.17) is 10.5 Å². The molecule has 0 fully saturated rings. The Morgan fingerprint density at radius 2 is 2.11 bits per heavy atom. The molecule has 0 saturated heterocycles. The second kappa shape index (κ2) is 6.10. The first-order valence-corrected chi connectivity index (χ1v) is 6.56. The van der Waals surface area contributed by atoms with Gasteiger partial charge in [-0.05, 0) is 46.2 Å². The van der Waals surface area contributed by atoms with Crippen LogP contribution in [0.25, 0.3) is 0 Å². The van der Waals surface area contributed by atoms with E-state index in [-0.39, 0.29) is 5.92 Å². The summed E-state index contributed by atoms with van der Waals surface area (Å²) in [6, 6.07) is 2.07. The number of ether oxygens (including phenoxy) is 1. The lowest BCUT2D eigenvalue weighted by Gasteiger charge is -2.21. The van der Waals surface area contributed by atoms with Gasteiger partial charge in [-0.3, -0.25) is 0 Å². The van der Waals surface area contributed by atoms with Gasteiger partial charge in [0.25, 0.3) is 0 Å². The molecule has 0 saturated carbocycles. The van der Waals surface area contributed by atoms with Crippen LogP contribution in [0, 0.1) is 13.8 Å². The van der Waals surface area contributed by atoms with Crippen molar-refractivity contribution < 1.29 is 9.53 Å². The number of aryl methyl sites for hydroxylation is 2. The third-order valence-corrected chi connectivity index (χ3v) is 2.81. The van der Waals surface area contributed by atoms with Gasteiger partial charge in [-0.15, -0.1) is 0 Å². The van der Waals surface area contributed by atoms with Crippen LogP contribution in [0.4, 0.5) is 4.79 Å². The Bertz CT molecular complexity index is 432. The van der Waals surface area contributed by atoms with E-state index in [9.17, 15) is 4.79 Å². The predicted molar refractivity (Wildman–Crippen MR) is 76.3 cm³/mol. The fraction of sp³-hybridized carbons (Fsp3) is 0.643. The van der Waals surface area contributed by atoms with Gasteiger partial charge < -0.3 is 20.8 Å². The molecule has 5 nitrogen and oxygen atoms in total. The Morgan fingerprint density at radius 3 is 2.53 bits per heavy atom. The highest BCUT2D eigenvalue weighted by molar-refractivity contribution is 5.67. The molecule has 0 aromatic carbocycles. The zero-order valence-corrected chi connectivity index (χ0v) is 12.5. The van der Waals surface area contributed by atoms with Gasteiger partial charge in [0.1, 0.15) is 5.60 Å². The summed E-state index contributed by atoms with van der Waals surface area (Å²) in [5.41, 5.74) is 8.65. The third kappa shape index (κ3) is 4.95. The van der Waals surface area contributed by atoms with Gasteiger partial charge in [-0.1, -0.05) is 0 Å². The summed E-state index contributed by atoms with van der Waals surface area (Å²) in [6.45, 7) is 10.5. The normalized spacial score (nSPS) is 13.2. The highest BCUT2D eigenvalue weighted by Gasteiger charge is 2.19. The van der Waals surface area contributed by atoms with E-state index >= 15 is 0 Å². The molecule has 0 aliphatic heterocycles. The highest BCUT2D eigenvalue weighted by Crippen LogP contribution is 2.19. The van der Waals surface area contributed by atoms with Gasteiger partial charge in [0.15, 0.2) is 0 Å². The number of rotatable bonds is 4. The molecule has 0 spiro atoms. The van der Waals surface area contributed by atoms with E-state index < -0.39 is 11.7 Å². The van der Waals surface area contributed by atoms with Crippen molar-refractivity contribution in [3.05, 3.63) is 23.0 Å². The number of carbonyl (C=O) groups is 1. The molecule has 1 amide bonds. The molecule has 1 aromatic rings. The van der Waals surface area contributed by atoms with Crippen molar-refractivity contribution in [1.82, 2.24) is 10.3 Å². The number of hydrogen-bond donors (Lipinski definition) is 3. The zero-order chi connectivity index (χ0) is 14.6. The SMILES string of the molecule is Cc1cc(C(CN)CNC(=O)OC(C)(C)C)c(C)[nH]1. The van der Waals surface area contributed by atoms with Crippen molar-refractivity contribution >= 4 is 6.09 Å². The molecule has 0 bridgehead atoms. The summed E-state index contributed by atoms with van der Waals surface area (Å²) in [4.78, 5) is 14.9. The maximum absolute atomic E-state index is 11.6. The van der Waals surface area contributed by atoms with Gasteiger partial charge >= 0.3 is 6.09 Å². The Morgan fingerprint density at radius 1 is 1.47 bits per heavy atom. The molecule has 1 aromatic heterocycles. The van der Waals surface area contributed by atoms with Gasteiger partial charge in [-0.2, -0.15) is 0 Å². The van der Waals surface area contributed by atoms with Crippen LogP contribution in [0.15, 0.2) is 6.07 Å². The van der Waals surface area contributed by atoms with Crippen molar-refractivity contribution in [3.63, 3.8) is 0 Å². The Balaban J connectivity index is 2.59. The number of alkyl carbamates (subject to hydrolysis) is 1. The van der Waals surface area contributed by atoms with E-state index in [2.05, 4.69) is 16.4 Å². The van der Waals surface area contributed by atoms with Crippen LogP contribution in [0.1, 0.15) is 43.6 Å². The van der Waals surface area contributed by atoms with Crippen LogP contribution >= 0.6 is 0 Å². The first-order valence-electron chi connectivity index (χ1n) is 6.56. The lowest BCUT2D eigenvalue weighted by Crippen LogP contribution is -2.36. The van der Waals surface area contributed by atoms with Crippen molar-refractivity contribution in [2.45, 2.75) is 46.1 Å². The fourth-order valence-corrected chi connectivity index (χ4v) is 2.01. The zero-order valence-electron chi connectivity index (χ0n) is 12.5. The lowest BCUT2D eigenvalue weighted by molar-refractivity contribution is 0.0525. The van der Waals surface area contributed by atoms with E-state index in [0.717, 1.165) is 17.0 Å². The molecule has 0 aliphatic carbocycles. The molecule has 19 heavy (non-hydrogen) atoms. The van der Waals surface area contributed by atoms with Gasteiger partial charge in [0.05, 0.1) is 0 Å². The summed E-state index contributed by atoms with van der Waals surface area (Å²) in [6.07, 6.45) is -0.407. The number of carbonyl (C=O) groups excluding carboxylic acids is 1. The minimum absolute atomic E-state index is 0.0949. The number of amides is 1. The molecule has 108 valence electrons. The fourth-order valence-electron chi connectivity index (χ4n) is 2.01. The van der Waals surface area contributed by atoms with Crippen molar-refractivity contribution in [1.29, 1.82) is 0 Å². The maximum atomic E-state index is 11.6. The second-order valence-electron chi connectivity index (χ2n) is 5.85. The molecule has 0 radical (unpaired) electrons. The van der Waals surface area contributed by atoms with Crippen LogP contribution in [0.3, 0.4) is 0 Å². The van der Waals surface area contributed by atoms with Crippen molar-refractivity contribution in [2.75, 3.05) is 13.1 Å². The van der Waals surface area contributed by atoms with Crippen LogP contribution < -0.4 is 11.1 Å². The van der Waals surface area contributed by atoms with Crippen LogP contribution in [-0.4, -0.2) is 29.8 Å². The summed E-state index contributed by atoms with van der Waals surface area (Å²) >= 11 is 0. The molecule has 0 aliphatic rings. The maximum Gasteiger partial charge on any atom is 0.407 e. The Hall–Kier alpha value is -1.49. The van der Waals surface area contributed by atoms with Crippen LogP contribution in [0.5, 0.6) is 0 Å². The van der Waals surface area contributed by atoms with E-state index in [1.54, 1.807) is 0 Å². The van der Waals surface area contributed by atoms with Crippen molar-refractivity contribution in [3.8, 4) is 0 Å². The first kappa shape index (κ1) is 15.6. The number of H-pyrrole nitrogens is 1. The van der Waals surface area contributed by atoms with Crippen LogP contribution in [0.2, 0.25) is 0 Å². The molecule has 1 heterocycles. The standard InChI is InChI=1S/C14H25N3O2/c1-9-6-12(10(2)17-9)11(7-15)8-16-13(18)19-14(3,4)5/h6,11,17H,7-8,15H2,1-5H3,(H,16,18). The largest absolute Gasteiger partial charge is 0.444 e. The summed E-state index contributed by atoms with van der Waals surface area (Å²) in [7, 11) is 0. The summed E-state index contributed by atoms with van der Waals surface area (Å²) < 4.78 is 5.21. The van der Waals surface area contributed by atoms with Gasteiger partial charge in [0.2, 0.25) is 0 Å². The molecule has 1 atom stereocenters. The Kier molecular flexibility index (Phi) is 5.00. The molecular formula is C14H25N3O2. The second-order valence-corrected chi connectivity index (χ2v) is 5.85. The molecule has 1 unspecified atom stereocenters. The highest BCUT2D eigenvalue weighted by atomic mass is 16.6. The average Bonchev–Trinajstić information content (AvgIpc) is 2.56. The lowest BCUT2D eigenvalue weighted by atomic mass is 9.99. The third-order valence-electron chi connectivity index (χ3n) is 2.81. The Labute approximate surface area is 114 Å². The van der Waals surface area contributed by atoms with E-state index in [1.165, 1.54) is 0 Å². The molecular weight excluding hydrogens is 242 g/mol. The number of aromatic amines is 1. The molecule has 5 heteroatoms.